The second kappa shape index (κ2) is 3.81. The van der Waals surface area contributed by atoms with Gasteiger partial charge in [0, 0.05) is 23.8 Å². The third-order valence-corrected chi connectivity index (χ3v) is 2.61. The molecule has 0 aliphatic carbocycles. The van der Waals surface area contributed by atoms with E-state index in [9.17, 15) is 0 Å². The minimum Gasteiger partial charge on any atom is -0.479 e. The molecule has 0 N–H and O–H groups in total. The maximum absolute atomic E-state index is 5.15. The monoisotopic (exact) mass is 216 g/mol. The Hall–Kier alpha value is -2.10. The molecule has 82 valence electrons. The summed E-state index contributed by atoms with van der Waals surface area (Å²) in [5.74, 6) is 0. The lowest BCUT2D eigenvalue weighted by Crippen LogP contribution is -2.15. The van der Waals surface area contributed by atoms with Gasteiger partial charge < -0.3 is 19.3 Å². The molecule has 2 aliphatic rings. The Morgan fingerprint density at radius 3 is 1.50 bits per heavy atom. The van der Waals surface area contributed by atoms with Crippen LogP contribution in [0.4, 0.5) is 11.4 Å². The van der Waals surface area contributed by atoms with Crippen LogP contribution in [0.5, 0.6) is 0 Å². The summed E-state index contributed by atoms with van der Waals surface area (Å²) in [7, 11) is 0. The third kappa shape index (κ3) is 1.58. The molecule has 0 saturated heterocycles. The topological polar surface area (TPSA) is 24.9 Å². The summed E-state index contributed by atoms with van der Waals surface area (Å²) in [6.07, 6.45) is 7.25. The lowest BCUT2D eigenvalue weighted by molar-refractivity contribution is 0.281. The van der Waals surface area contributed by atoms with Crippen LogP contribution < -0.4 is 9.80 Å². The number of anilines is 2. The number of hydrogen-bond acceptors (Lipinski definition) is 4. The molecule has 1 aromatic rings. The number of hydrogen-bond donors (Lipinski definition) is 0. The van der Waals surface area contributed by atoms with E-state index in [4.69, 9.17) is 9.47 Å². The highest BCUT2D eigenvalue weighted by Crippen LogP contribution is 2.23. The summed E-state index contributed by atoms with van der Waals surface area (Å²) < 4.78 is 10.3. The fourth-order valence-electron chi connectivity index (χ4n) is 1.72. The van der Waals surface area contributed by atoms with Crippen molar-refractivity contribution in [3.8, 4) is 0 Å². The third-order valence-electron chi connectivity index (χ3n) is 2.61. The van der Waals surface area contributed by atoms with Crippen molar-refractivity contribution in [2.45, 2.75) is 0 Å². The van der Waals surface area contributed by atoms with Crippen molar-refractivity contribution >= 4 is 11.4 Å². The van der Waals surface area contributed by atoms with Crippen molar-refractivity contribution in [1.29, 1.82) is 0 Å². The second-order valence-corrected chi connectivity index (χ2v) is 3.62. The fraction of sp³-hybridized carbons (Fsp3) is 0.167. The Morgan fingerprint density at radius 2 is 1.19 bits per heavy atom. The van der Waals surface area contributed by atoms with E-state index in [1.807, 2.05) is 22.2 Å². The summed E-state index contributed by atoms with van der Waals surface area (Å²) in [6, 6.07) is 8.28. The molecule has 0 unspecified atom stereocenters. The van der Waals surface area contributed by atoms with E-state index in [2.05, 4.69) is 24.3 Å². The molecule has 0 bridgehead atoms. The molecule has 2 aliphatic heterocycles. The summed E-state index contributed by atoms with van der Waals surface area (Å²) in [5, 5.41) is 0. The zero-order chi connectivity index (χ0) is 10.8. The van der Waals surface area contributed by atoms with Crippen LogP contribution in [0.25, 0.3) is 0 Å². The quantitative estimate of drug-likeness (QED) is 0.756. The van der Waals surface area contributed by atoms with Crippen LogP contribution in [0.15, 0.2) is 49.2 Å². The van der Waals surface area contributed by atoms with Crippen molar-refractivity contribution < 1.29 is 9.47 Å². The molecule has 2 heterocycles. The van der Waals surface area contributed by atoms with Crippen LogP contribution in [0.3, 0.4) is 0 Å². The molecule has 4 nitrogen and oxygen atoms in total. The smallest absolute Gasteiger partial charge is 0.164 e. The Kier molecular flexibility index (Phi) is 2.18. The lowest BCUT2D eigenvalue weighted by atomic mass is 10.2. The molecule has 0 saturated carbocycles. The molecule has 1 aromatic carbocycles. The zero-order valence-corrected chi connectivity index (χ0v) is 8.74. The van der Waals surface area contributed by atoms with Gasteiger partial charge in [0.1, 0.15) is 12.5 Å². The zero-order valence-electron chi connectivity index (χ0n) is 8.74. The SMILES string of the molecule is C1=CN(c2ccc(N3C=COC3)cc2)CO1. The van der Waals surface area contributed by atoms with Gasteiger partial charge in [-0.1, -0.05) is 0 Å². The minimum absolute atomic E-state index is 0.589. The highest BCUT2D eigenvalue weighted by Gasteiger charge is 2.10. The van der Waals surface area contributed by atoms with Crippen molar-refractivity contribution in [3.05, 3.63) is 49.2 Å². The van der Waals surface area contributed by atoms with E-state index < -0.39 is 0 Å². The van der Waals surface area contributed by atoms with Crippen LogP contribution in [0, 0.1) is 0 Å². The van der Waals surface area contributed by atoms with E-state index in [1.165, 1.54) is 0 Å². The van der Waals surface area contributed by atoms with Crippen molar-refractivity contribution in [3.63, 3.8) is 0 Å². The predicted octanol–water partition coefficient (Wildman–Crippen LogP) is 2.22. The Morgan fingerprint density at radius 1 is 0.750 bits per heavy atom. The number of benzene rings is 1. The van der Waals surface area contributed by atoms with E-state index in [-0.39, 0.29) is 0 Å². The number of rotatable bonds is 2. The average molecular weight is 216 g/mol. The molecule has 0 radical (unpaired) electrons. The fourth-order valence-corrected chi connectivity index (χ4v) is 1.72. The van der Waals surface area contributed by atoms with E-state index in [1.54, 1.807) is 12.5 Å². The van der Waals surface area contributed by atoms with Gasteiger partial charge >= 0.3 is 0 Å². The van der Waals surface area contributed by atoms with Gasteiger partial charge in [0.2, 0.25) is 0 Å². The van der Waals surface area contributed by atoms with Crippen LogP contribution in [-0.2, 0) is 9.47 Å². The summed E-state index contributed by atoms with van der Waals surface area (Å²) >= 11 is 0. The van der Waals surface area contributed by atoms with Gasteiger partial charge in [0.25, 0.3) is 0 Å². The van der Waals surface area contributed by atoms with Gasteiger partial charge in [-0.05, 0) is 24.3 Å². The largest absolute Gasteiger partial charge is 0.479 e. The Balaban J connectivity index is 1.79. The molecular weight excluding hydrogens is 204 g/mol. The van der Waals surface area contributed by atoms with Crippen LogP contribution >= 0.6 is 0 Å². The van der Waals surface area contributed by atoms with Crippen LogP contribution in [-0.4, -0.2) is 13.5 Å². The molecule has 3 rings (SSSR count). The first kappa shape index (κ1) is 9.15. The second-order valence-electron chi connectivity index (χ2n) is 3.62. The minimum atomic E-state index is 0.589. The van der Waals surface area contributed by atoms with Gasteiger partial charge in [-0.25, -0.2) is 0 Å². The normalized spacial score (nSPS) is 17.8. The molecule has 16 heavy (non-hydrogen) atoms. The molecule has 0 amide bonds. The number of ether oxygens (including phenoxy) is 2. The predicted molar refractivity (Wildman–Crippen MR) is 61.6 cm³/mol. The van der Waals surface area contributed by atoms with E-state index >= 15 is 0 Å². The van der Waals surface area contributed by atoms with Crippen molar-refractivity contribution in [2.75, 3.05) is 23.3 Å². The first-order valence-corrected chi connectivity index (χ1v) is 5.13. The summed E-state index contributed by atoms with van der Waals surface area (Å²) in [5.41, 5.74) is 2.25. The van der Waals surface area contributed by atoms with Crippen molar-refractivity contribution in [1.82, 2.24) is 0 Å². The maximum atomic E-state index is 5.15. The van der Waals surface area contributed by atoms with E-state index in [0.29, 0.717) is 13.5 Å². The van der Waals surface area contributed by atoms with Gasteiger partial charge in [0.15, 0.2) is 13.5 Å². The van der Waals surface area contributed by atoms with E-state index in [0.717, 1.165) is 11.4 Å². The molecule has 0 atom stereocenters. The van der Waals surface area contributed by atoms with Gasteiger partial charge in [-0.3, -0.25) is 0 Å². The van der Waals surface area contributed by atoms with Gasteiger partial charge in [0.05, 0.1) is 0 Å². The van der Waals surface area contributed by atoms with Gasteiger partial charge in [-0.15, -0.1) is 0 Å². The molecule has 0 aromatic heterocycles. The summed E-state index contributed by atoms with van der Waals surface area (Å²) in [4.78, 5) is 4.08. The first-order valence-electron chi connectivity index (χ1n) is 5.13. The standard InChI is InChI=1S/C12H12N2O2/c1-2-12(14-6-8-16-10-14)4-3-11(1)13-5-7-15-9-13/h1-8H,9-10H2. The lowest BCUT2D eigenvalue weighted by Gasteiger charge is -2.17. The molecule has 0 spiro atoms. The highest BCUT2D eigenvalue weighted by molar-refractivity contribution is 5.58. The van der Waals surface area contributed by atoms with Crippen LogP contribution in [0.2, 0.25) is 0 Å². The molecular formula is C12H12N2O2. The highest BCUT2D eigenvalue weighted by atomic mass is 16.5. The Bertz CT molecular complexity index is 384. The van der Waals surface area contributed by atoms with Crippen LogP contribution in [0.1, 0.15) is 0 Å². The Labute approximate surface area is 94.0 Å². The van der Waals surface area contributed by atoms with Crippen molar-refractivity contribution in [2.24, 2.45) is 0 Å². The maximum Gasteiger partial charge on any atom is 0.164 e. The first-order chi connectivity index (χ1) is 7.93. The summed E-state index contributed by atoms with van der Waals surface area (Å²) in [6.45, 7) is 1.18. The molecule has 4 heteroatoms. The van der Waals surface area contributed by atoms with Gasteiger partial charge in [-0.2, -0.15) is 0 Å². The number of nitrogens with zero attached hydrogens (tertiary/aromatic N) is 2. The average Bonchev–Trinajstić information content (AvgIpc) is 3.03. The molecule has 0 fully saturated rings.